The number of hydrogen-bond donors (Lipinski definition) is 0. The first kappa shape index (κ1) is 8.31. The number of likely N-dealkylation sites (tertiary alicyclic amines) is 1. The number of hydrogen-bond acceptors (Lipinski definition) is 1. The van der Waals surface area contributed by atoms with Crippen LogP contribution >= 0.6 is 0 Å². The number of carbonyl (C=O) groups is 1. The highest BCUT2D eigenvalue weighted by atomic mass is 16.2. The molecule has 1 radical (unpaired) electrons. The van der Waals surface area contributed by atoms with E-state index in [4.69, 9.17) is 0 Å². The molecule has 0 unspecified atom stereocenters. The number of nitrogens with zero attached hydrogens (tertiary/aromatic N) is 1. The van der Waals surface area contributed by atoms with Gasteiger partial charge in [0, 0.05) is 13.0 Å². The van der Waals surface area contributed by atoms with Crippen LogP contribution in [0.1, 0.15) is 25.7 Å². The highest BCUT2D eigenvalue weighted by molar-refractivity contribution is 5.78. The second-order valence-electron chi connectivity index (χ2n) is 2.76. The molecular weight excluding hydrogens is 138 g/mol. The van der Waals surface area contributed by atoms with Crippen LogP contribution in [0.25, 0.3) is 0 Å². The summed E-state index contributed by atoms with van der Waals surface area (Å²) in [4.78, 5) is 13.0. The zero-order chi connectivity index (χ0) is 8.10. The fourth-order valence-electron chi connectivity index (χ4n) is 1.23. The van der Waals surface area contributed by atoms with E-state index < -0.39 is 0 Å². The Kier molecular flexibility index (Phi) is 3.14. The Bertz CT molecular complexity index is 148. The number of rotatable bonds is 2. The molecule has 1 saturated heterocycles. The van der Waals surface area contributed by atoms with E-state index in [0.29, 0.717) is 6.42 Å². The minimum Gasteiger partial charge on any atom is -0.337 e. The van der Waals surface area contributed by atoms with Crippen molar-refractivity contribution in [3.63, 3.8) is 0 Å². The first-order valence-corrected chi connectivity index (χ1v) is 4.08. The average Bonchev–Trinajstić information content (AvgIpc) is 2.07. The van der Waals surface area contributed by atoms with E-state index in [-0.39, 0.29) is 5.91 Å². The van der Waals surface area contributed by atoms with Gasteiger partial charge in [0.1, 0.15) is 0 Å². The van der Waals surface area contributed by atoms with Crippen molar-refractivity contribution in [3.05, 3.63) is 19.2 Å². The largest absolute Gasteiger partial charge is 0.337 e. The molecule has 1 rings (SSSR count). The Hall–Kier alpha value is -0.790. The molecule has 0 aliphatic carbocycles. The molecular formula is C9H14NO. The molecule has 0 aromatic heterocycles. The highest BCUT2D eigenvalue weighted by Crippen LogP contribution is 2.13. The van der Waals surface area contributed by atoms with Gasteiger partial charge in [-0.05, 0) is 19.3 Å². The number of carbonyl (C=O) groups excluding carboxylic acids is 1. The minimum absolute atomic E-state index is 0.180. The van der Waals surface area contributed by atoms with Crippen molar-refractivity contribution in [1.29, 1.82) is 0 Å². The molecule has 0 atom stereocenters. The molecule has 11 heavy (non-hydrogen) atoms. The average molecular weight is 152 g/mol. The lowest BCUT2D eigenvalue weighted by Gasteiger charge is -2.25. The molecule has 2 nitrogen and oxygen atoms in total. The summed E-state index contributed by atoms with van der Waals surface area (Å²) in [7, 11) is 0. The van der Waals surface area contributed by atoms with E-state index in [1.54, 1.807) is 6.08 Å². The van der Waals surface area contributed by atoms with Gasteiger partial charge in [-0.15, -0.1) is 6.58 Å². The second-order valence-corrected chi connectivity index (χ2v) is 2.76. The van der Waals surface area contributed by atoms with Crippen LogP contribution in [-0.2, 0) is 4.79 Å². The Morgan fingerprint density at radius 1 is 1.64 bits per heavy atom. The van der Waals surface area contributed by atoms with Gasteiger partial charge in [0.2, 0.25) is 5.91 Å². The quantitative estimate of drug-likeness (QED) is 0.552. The lowest BCUT2D eigenvalue weighted by atomic mass is 10.1. The Morgan fingerprint density at radius 3 is 3.00 bits per heavy atom. The van der Waals surface area contributed by atoms with Crippen LogP contribution in [0, 0.1) is 6.54 Å². The fourth-order valence-corrected chi connectivity index (χ4v) is 1.23. The maximum Gasteiger partial charge on any atom is 0.226 e. The van der Waals surface area contributed by atoms with Crippen molar-refractivity contribution in [2.45, 2.75) is 25.7 Å². The van der Waals surface area contributed by atoms with E-state index in [1.807, 2.05) is 11.4 Å². The molecule has 0 saturated carbocycles. The van der Waals surface area contributed by atoms with Crippen molar-refractivity contribution in [2.75, 3.05) is 6.54 Å². The van der Waals surface area contributed by atoms with Crippen LogP contribution in [0.2, 0.25) is 0 Å². The molecule has 61 valence electrons. The molecule has 0 aromatic carbocycles. The summed E-state index contributed by atoms with van der Waals surface area (Å²) in [6, 6.07) is 0. The summed E-state index contributed by atoms with van der Waals surface area (Å²) in [5.74, 6) is 0.180. The lowest BCUT2D eigenvalue weighted by Crippen LogP contribution is -2.31. The van der Waals surface area contributed by atoms with Crippen LogP contribution < -0.4 is 0 Å². The van der Waals surface area contributed by atoms with Gasteiger partial charge in [-0.1, -0.05) is 6.08 Å². The maximum atomic E-state index is 11.2. The van der Waals surface area contributed by atoms with Gasteiger partial charge in [-0.2, -0.15) is 0 Å². The summed E-state index contributed by atoms with van der Waals surface area (Å²) >= 11 is 0. The second kappa shape index (κ2) is 4.16. The first-order valence-electron chi connectivity index (χ1n) is 4.08. The van der Waals surface area contributed by atoms with E-state index >= 15 is 0 Å². The van der Waals surface area contributed by atoms with Crippen molar-refractivity contribution < 1.29 is 4.79 Å². The Labute approximate surface area is 67.9 Å². The normalized spacial score (nSPS) is 18.0. The molecule has 1 fully saturated rings. The molecule has 2 heteroatoms. The topological polar surface area (TPSA) is 20.3 Å². The monoisotopic (exact) mass is 152 g/mol. The molecule has 0 spiro atoms. The SMILES string of the molecule is C=CCC(=O)N1[CH]CCCC1. The summed E-state index contributed by atoms with van der Waals surface area (Å²) in [5.41, 5.74) is 0. The zero-order valence-corrected chi connectivity index (χ0v) is 6.75. The first-order chi connectivity index (χ1) is 5.34. The van der Waals surface area contributed by atoms with E-state index in [1.165, 1.54) is 6.42 Å². The third-order valence-corrected chi connectivity index (χ3v) is 1.84. The molecule has 1 aliphatic rings. The maximum absolute atomic E-state index is 11.2. The zero-order valence-electron chi connectivity index (χ0n) is 6.75. The molecule has 1 amide bonds. The predicted molar refractivity (Wildman–Crippen MR) is 44.7 cm³/mol. The van der Waals surface area contributed by atoms with Crippen molar-refractivity contribution >= 4 is 5.91 Å². The molecule has 0 aromatic rings. The van der Waals surface area contributed by atoms with E-state index in [0.717, 1.165) is 19.4 Å². The van der Waals surface area contributed by atoms with Gasteiger partial charge < -0.3 is 4.90 Å². The summed E-state index contributed by atoms with van der Waals surface area (Å²) in [6.45, 7) is 6.42. The van der Waals surface area contributed by atoms with Crippen LogP contribution in [0.15, 0.2) is 12.7 Å². The van der Waals surface area contributed by atoms with Gasteiger partial charge in [0.05, 0.1) is 6.54 Å². The Balaban J connectivity index is 2.32. The molecule has 0 bridgehead atoms. The van der Waals surface area contributed by atoms with Gasteiger partial charge in [-0.25, -0.2) is 0 Å². The summed E-state index contributed by atoms with van der Waals surface area (Å²) in [5, 5.41) is 0. The van der Waals surface area contributed by atoms with Crippen LogP contribution in [0.3, 0.4) is 0 Å². The molecule has 1 heterocycles. The van der Waals surface area contributed by atoms with Crippen molar-refractivity contribution in [1.82, 2.24) is 4.90 Å². The number of piperidine rings is 1. The third kappa shape index (κ3) is 2.37. The van der Waals surface area contributed by atoms with Crippen molar-refractivity contribution in [3.8, 4) is 0 Å². The fraction of sp³-hybridized carbons (Fsp3) is 0.556. The van der Waals surface area contributed by atoms with Crippen LogP contribution in [-0.4, -0.2) is 17.4 Å². The lowest BCUT2D eigenvalue weighted by molar-refractivity contribution is -0.129. The van der Waals surface area contributed by atoms with Gasteiger partial charge >= 0.3 is 0 Å². The molecule has 1 aliphatic heterocycles. The van der Waals surface area contributed by atoms with Crippen LogP contribution in [0.5, 0.6) is 0 Å². The smallest absolute Gasteiger partial charge is 0.226 e. The standard InChI is InChI=1S/C9H14NO/c1-2-6-9(11)10-7-4-3-5-8-10/h2,7H,1,3-6,8H2. The van der Waals surface area contributed by atoms with Gasteiger partial charge in [0.25, 0.3) is 0 Å². The predicted octanol–water partition coefficient (Wildman–Crippen LogP) is 1.74. The highest BCUT2D eigenvalue weighted by Gasteiger charge is 2.14. The summed E-state index contributed by atoms with van der Waals surface area (Å²) in [6.07, 6.45) is 5.53. The van der Waals surface area contributed by atoms with Gasteiger partial charge in [0.15, 0.2) is 0 Å². The Morgan fingerprint density at radius 2 is 2.45 bits per heavy atom. The van der Waals surface area contributed by atoms with E-state index in [2.05, 4.69) is 6.58 Å². The van der Waals surface area contributed by atoms with Crippen LogP contribution in [0.4, 0.5) is 0 Å². The minimum atomic E-state index is 0.180. The van der Waals surface area contributed by atoms with E-state index in [9.17, 15) is 4.79 Å². The molecule has 0 N–H and O–H groups in total. The number of amides is 1. The third-order valence-electron chi connectivity index (χ3n) is 1.84. The summed E-state index contributed by atoms with van der Waals surface area (Å²) < 4.78 is 0. The van der Waals surface area contributed by atoms with Gasteiger partial charge in [-0.3, -0.25) is 4.79 Å². The van der Waals surface area contributed by atoms with Crippen molar-refractivity contribution in [2.24, 2.45) is 0 Å².